The molecule has 7 heteroatoms. The van der Waals surface area contributed by atoms with Crippen molar-refractivity contribution in [3.63, 3.8) is 0 Å². The summed E-state index contributed by atoms with van der Waals surface area (Å²) < 4.78 is 0. The van der Waals surface area contributed by atoms with E-state index in [-0.39, 0.29) is 10.8 Å². The highest BCUT2D eigenvalue weighted by molar-refractivity contribution is 8.00. The van der Waals surface area contributed by atoms with Gasteiger partial charge in [0.1, 0.15) is 6.04 Å². The van der Waals surface area contributed by atoms with Crippen molar-refractivity contribution in [2.45, 2.75) is 31.7 Å². The monoisotopic (exact) mass is 361 g/mol. The fraction of sp³-hybridized carbons (Fsp3) is 0.353. The zero-order valence-corrected chi connectivity index (χ0v) is 15.4. The molecule has 0 aliphatic carbocycles. The summed E-state index contributed by atoms with van der Waals surface area (Å²) in [6.45, 7) is 5.88. The van der Waals surface area contributed by atoms with Crippen molar-refractivity contribution >= 4 is 40.5 Å². The largest absolute Gasteiger partial charge is 0.318 e. The van der Waals surface area contributed by atoms with Gasteiger partial charge in [0.25, 0.3) is 0 Å². The third kappa shape index (κ3) is 3.18. The average Bonchev–Trinajstić information content (AvgIpc) is 3.07. The fourth-order valence-corrected chi connectivity index (χ4v) is 4.75. The molecule has 0 unspecified atom stereocenters. The molecule has 1 aromatic heterocycles. The van der Waals surface area contributed by atoms with Gasteiger partial charge in [-0.2, -0.15) is 0 Å². The van der Waals surface area contributed by atoms with E-state index >= 15 is 0 Å². The summed E-state index contributed by atoms with van der Waals surface area (Å²) in [5.41, 5.74) is 1.91. The number of nitrogens with zero attached hydrogens (tertiary/aromatic N) is 2. The number of carbonyl (C=O) groups is 2. The summed E-state index contributed by atoms with van der Waals surface area (Å²) >= 11 is 3.05. The lowest BCUT2D eigenvalue weighted by Crippen LogP contribution is -2.47. The van der Waals surface area contributed by atoms with Crippen molar-refractivity contribution in [2.24, 2.45) is 0 Å². The van der Waals surface area contributed by atoms with Crippen LogP contribution in [0.5, 0.6) is 0 Å². The molecule has 5 nitrogen and oxygen atoms in total. The molecule has 1 atom stereocenters. The van der Waals surface area contributed by atoms with Gasteiger partial charge in [0.05, 0.1) is 10.6 Å². The van der Waals surface area contributed by atoms with Crippen molar-refractivity contribution in [3.8, 4) is 11.3 Å². The summed E-state index contributed by atoms with van der Waals surface area (Å²) in [5.74, 6) is 0.404. The van der Waals surface area contributed by atoms with E-state index in [1.54, 1.807) is 16.7 Å². The SMILES string of the molecule is Cc1sc(NC(=O)[C@@H]2CSC(C)(C)N2C=O)nc1-c1ccccc1. The maximum atomic E-state index is 12.6. The van der Waals surface area contributed by atoms with Crippen LogP contribution in [0.3, 0.4) is 0 Å². The molecule has 0 spiro atoms. The molecule has 2 aromatic rings. The lowest BCUT2D eigenvalue weighted by molar-refractivity contribution is -0.130. The van der Waals surface area contributed by atoms with Crippen molar-refractivity contribution in [3.05, 3.63) is 35.2 Å². The van der Waals surface area contributed by atoms with Crippen LogP contribution in [-0.2, 0) is 9.59 Å². The molecule has 0 saturated carbocycles. The quantitative estimate of drug-likeness (QED) is 0.848. The van der Waals surface area contributed by atoms with Crippen LogP contribution in [0.15, 0.2) is 30.3 Å². The van der Waals surface area contributed by atoms with Crippen molar-refractivity contribution < 1.29 is 9.59 Å². The Hall–Kier alpha value is -1.86. The second kappa shape index (κ2) is 6.57. The number of aromatic nitrogens is 1. The maximum absolute atomic E-state index is 12.6. The van der Waals surface area contributed by atoms with Gasteiger partial charge in [-0.3, -0.25) is 9.59 Å². The number of nitrogens with one attached hydrogen (secondary N) is 1. The number of thiazole rings is 1. The summed E-state index contributed by atoms with van der Waals surface area (Å²) in [4.78, 5) is 30.7. The number of thioether (sulfide) groups is 1. The molecular formula is C17H19N3O2S2. The second-order valence-electron chi connectivity index (χ2n) is 6.07. The van der Waals surface area contributed by atoms with Crippen molar-refractivity contribution in [1.29, 1.82) is 0 Å². The first kappa shape index (κ1) is 17.0. The van der Waals surface area contributed by atoms with E-state index in [4.69, 9.17) is 0 Å². The van der Waals surface area contributed by atoms with Gasteiger partial charge < -0.3 is 10.2 Å². The van der Waals surface area contributed by atoms with E-state index in [0.29, 0.717) is 10.9 Å². The van der Waals surface area contributed by atoms with E-state index in [1.807, 2.05) is 51.1 Å². The number of aryl methyl sites for hydroxylation is 1. The fourth-order valence-electron chi connectivity index (χ4n) is 2.72. The second-order valence-corrected chi connectivity index (χ2v) is 8.89. The topological polar surface area (TPSA) is 62.3 Å². The predicted octanol–water partition coefficient (Wildman–Crippen LogP) is 3.37. The minimum atomic E-state index is -0.466. The molecule has 1 aliphatic heterocycles. The van der Waals surface area contributed by atoms with E-state index in [2.05, 4.69) is 10.3 Å². The van der Waals surface area contributed by atoms with Crippen LogP contribution < -0.4 is 5.32 Å². The Kier molecular flexibility index (Phi) is 4.64. The molecule has 1 N–H and O–H groups in total. The highest BCUT2D eigenvalue weighted by atomic mass is 32.2. The van der Waals surface area contributed by atoms with Crippen molar-refractivity contribution in [1.82, 2.24) is 9.88 Å². The van der Waals surface area contributed by atoms with Gasteiger partial charge in [-0.15, -0.1) is 23.1 Å². The number of rotatable bonds is 4. The standard InChI is InChI=1S/C17H19N3O2S2/c1-11-14(12-7-5-4-6-8-12)18-16(24-11)19-15(22)13-9-23-17(2,3)20(13)10-21/h4-8,10,13H,9H2,1-3H3,(H,18,19,22)/t13-/m0/s1. The summed E-state index contributed by atoms with van der Waals surface area (Å²) in [5, 5.41) is 3.44. The van der Waals surface area contributed by atoms with E-state index in [0.717, 1.165) is 22.5 Å². The van der Waals surface area contributed by atoms with E-state index < -0.39 is 6.04 Å². The van der Waals surface area contributed by atoms with Crippen LogP contribution in [-0.4, -0.2) is 38.9 Å². The minimum Gasteiger partial charge on any atom is -0.318 e. The van der Waals surface area contributed by atoms with Gasteiger partial charge in [0.2, 0.25) is 12.3 Å². The van der Waals surface area contributed by atoms with Gasteiger partial charge in [-0.1, -0.05) is 30.3 Å². The maximum Gasteiger partial charge on any atom is 0.249 e. The van der Waals surface area contributed by atoms with Gasteiger partial charge in [-0.05, 0) is 20.8 Å². The molecule has 3 rings (SSSR count). The van der Waals surface area contributed by atoms with Gasteiger partial charge in [0, 0.05) is 16.2 Å². The molecule has 0 radical (unpaired) electrons. The third-order valence-electron chi connectivity index (χ3n) is 4.04. The van der Waals surface area contributed by atoms with Crippen LogP contribution in [0, 0.1) is 6.92 Å². The van der Waals surface area contributed by atoms with Crippen LogP contribution in [0.25, 0.3) is 11.3 Å². The zero-order valence-electron chi connectivity index (χ0n) is 13.8. The minimum absolute atomic E-state index is 0.187. The zero-order chi connectivity index (χ0) is 17.3. The predicted molar refractivity (Wildman–Crippen MR) is 99.1 cm³/mol. The highest BCUT2D eigenvalue weighted by Crippen LogP contribution is 2.38. The number of hydrogen-bond acceptors (Lipinski definition) is 5. The Morgan fingerprint density at radius 1 is 1.38 bits per heavy atom. The average molecular weight is 361 g/mol. The van der Waals surface area contributed by atoms with Gasteiger partial charge in [-0.25, -0.2) is 4.98 Å². The number of amides is 2. The summed E-state index contributed by atoms with van der Waals surface area (Å²) in [7, 11) is 0. The molecule has 1 saturated heterocycles. The highest BCUT2D eigenvalue weighted by Gasteiger charge is 2.43. The summed E-state index contributed by atoms with van der Waals surface area (Å²) in [6, 6.07) is 9.42. The van der Waals surface area contributed by atoms with E-state index in [1.165, 1.54) is 11.3 Å². The lowest BCUT2D eigenvalue weighted by atomic mass is 10.1. The number of anilines is 1. The Balaban J connectivity index is 1.78. The third-order valence-corrected chi connectivity index (χ3v) is 6.33. The van der Waals surface area contributed by atoms with Crippen LogP contribution in [0.2, 0.25) is 0 Å². The Labute approximate surface area is 149 Å². The molecule has 1 aliphatic rings. The summed E-state index contributed by atoms with van der Waals surface area (Å²) in [6.07, 6.45) is 0.757. The molecular weight excluding hydrogens is 342 g/mol. The van der Waals surface area contributed by atoms with Crippen LogP contribution in [0.1, 0.15) is 18.7 Å². The molecule has 0 bridgehead atoms. The first-order valence-corrected chi connectivity index (χ1v) is 9.44. The molecule has 1 fully saturated rings. The Bertz CT molecular complexity index is 758. The number of carbonyl (C=O) groups excluding carboxylic acids is 2. The van der Waals surface area contributed by atoms with Gasteiger partial charge in [0.15, 0.2) is 5.13 Å². The Morgan fingerprint density at radius 3 is 2.75 bits per heavy atom. The lowest BCUT2D eigenvalue weighted by Gasteiger charge is -2.29. The molecule has 126 valence electrons. The number of benzene rings is 1. The molecule has 2 amide bonds. The van der Waals surface area contributed by atoms with E-state index in [9.17, 15) is 9.59 Å². The van der Waals surface area contributed by atoms with Crippen LogP contribution in [0.4, 0.5) is 5.13 Å². The Morgan fingerprint density at radius 2 is 2.08 bits per heavy atom. The molecule has 2 heterocycles. The van der Waals surface area contributed by atoms with Crippen LogP contribution >= 0.6 is 23.1 Å². The first-order chi connectivity index (χ1) is 11.4. The molecule has 1 aromatic carbocycles. The first-order valence-electron chi connectivity index (χ1n) is 7.64. The normalized spacial score (nSPS) is 19.3. The number of hydrogen-bond donors (Lipinski definition) is 1. The smallest absolute Gasteiger partial charge is 0.249 e. The van der Waals surface area contributed by atoms with Crippen molar-refractivity contribution in [2.75, 3.05) is 11.1 Å². The molecule has 24 heavy (non-hydrogen) atoms. The van der Waals surface area contributed by atoms with Gasteiger partial charge >= 0.3 is 0 Å².